The van der Waals surface area contributed by atoms with Crippen molar-refractivity contribution in [3.8, 4) is 5.69 Å². The van der Waals surface area contributed by atoms with E-state index in [-0.39, 0.29) is 6.04 Å². The molecule has 21 heavy (non-hydrogen) atoms. The molecule has 2 heterocycles. The summed E-state index contributed by atoms with van der Waals surface area (Å²) in [5.74, 6) is 0.713. The van der Waals surface area contributed by atoms with Crippen LogP contribution in [0, 0.1) is 0 Å². The van der Waals surface area contributed by atoms with E-state index in [4.69, 9.17) is 0 Å². The van der Waals surface area contributed by atoms with Crippen molar-refractivity contribution < 1.29 is 0 Å². The molecular weight excluding hydrogens is 264 g/mol. The van der Waals surface area contributed by atoms with Crippen LogP contribution >= 0.6 is 0 Å². The van der Waals surface area contributed by atoms with Crippen molar-refractivity contribution in [2.24, 2.45) is 0 Å². The molecule has 6 nitrogen and oxygen atoms in total. The van der Waals surface area contributed by atoms with Crippen molar-refractivity contribution in [3.05, 3.63) is 60.9 Å². The van der Waals surface area contributed by atoms with E-state index in [1.165, 1.54) is 11.9 Å². The van der Waals surface area contributed by atoms with Crippen molar-refractivity contribution in [3.63, 3.8) is 0 Å². The van der Waals surface area contributed by atoms with Gasteiger partial charge < -0.3 is 4.90 Å². The summed E-state index contributed by atoms with van der Waals surface area (Å²) in [4.78, 5) is 14.5. The number of anilines is 1. The fraction of sp³-hybridized carbons (Fsp3) is 0.200. The summed E-state index contributed by atoms with van der Waals surface area (Å²) in [5.41, 5.74) is 2.18. The molecule has 0 spiro atoms. The zero-order valence-corrected chi connectivity index (χ0v) is 12.0. The zero-order valence-electron chi connectivity index (χ0n) is 12.0. The van der Waals surface area contributed by atoms with E-state index in [0.717, 1.165) is 5.69 Å². The minimum atomic E-state index is 0.178. The lowest BCUT2D eigenvalue weighted by Gasteiger charge is -2.25. The van der Waals surface area contributed by atoms with Gasteiger partial charge in [-0.2, -0.15) is 5.10 Å². The molecule has 0 saturated heterocycles. The number of benzene rings is 1. The van der Waals surface area contributed by atoms with Crippen LogP contribution in [0.25, 0.3) is 5.69 Å². The molecule has 0 bridgehead atoms. The Kier molecular flexibility index (Phi) is 3.59. The number of rotatable bonds is 4. The monoisotopic (exact) mass is 280 g/mol. The van der Waals surface area contributed by atoms with Gasteiger partial charge in [0.1, 0.15) is 12.7 Å². The Balaban J connectivity index is 1.80. The van der Waals surface area contributed by atoms with Crippen LogP contribution in [0.5, 0.6) is 0 Å². The molecule has 0 fully saturated rings. The van der Waals surface area contributed by atoms with Gasteiger partial charge in [-0.25, -0.2) is 19.6 Å². The van der Waals surface area contributed by atoms with E-state index in [9.17, 15) is 0 Å². The first-order valence-corrected chi connectivity index (χ1v) is 6.70. The van der Waals surface area contributed by atoms with Gasteiger partial charge in [0.15, 0.2) is 0 Å². The SMILES string of the molecule is C[C@@H](c1ccc(-n2cncn2)cc1)N(C)c1ncccn1. The van der Waals surface area contributed by atoms with Crippen LogP contribution in [0.15, 0.2) is 55.4 Å². The Morgan fingerprint density at radius 2 is 1.81 bits per heavy atom. The second-order valence-corrected chi connectivity index (χ2v) is 4.77. The van der Waals surface area contributed by atoms with Gasteiger partial charge in [0.05, 0.1) is 11.7 Å². The van der Waals surface area contributed by atoms with E-state index < -0.39 is 0 Å². The molecule has 1 atom stereocenters. The van der Waals surface area contributed by atoms with Crippen molar-refractivity contribution in [2.45, 2.75) is 13.0 Å². The maximum Gasteiger partial charge on any atom is 0.225 e. The lowest BCUT2D eigenvalue weighted by atomic mass is 10.1. The van der Waals surface area contributed by atoms with E-state index in [1.54, 1.807) is 23.4 Å². The Hall–Kier alpha value is -2.76. The summed E-state index contributed by atoms with van der Waals surface area (Å²) in [6.45, 7) is 2.13. The molecule has 0 saturated carbocycles. The Bertz CT molecular complexity index is 678. The van der Waals surface area contributed by atoms with Crippen LogP contribution in [0.2, 0.25) is 0 Å². The molecule has 6 heteroatoms. The van der Waals surface area contributed by atoms with Gasteiger partial charge in [0.2, 0.25) is 5.95 Å². The van der Waals surface area contributed by atoms with Gasteiger partial charge in [0, 0.05) is 19.4 Å². The van der Waals surface area contributed by atoms with E-state index in [0.29, 0.717) is 5.95 Å². The third-order valence-electron chi connectivity index (χ3n) is 3.51. The summed E-state index contributed by atoms with van der Waals surface area (Å²) in [7, 11) is 1.99. The normalized spacial score (nSPS) is 12.1. The van der Waals surface area contributed by atoms with Gasteiger partial charge in [-0.15, -0.1) is 0 Å². The van der Waals surface area contributed by atoms with Crippen molar-refractivity contribution in [1.82, 2.24) is 24.7 Å². The predicted molar refractivity (Wildman–Crippen MR) is 80.2 cm³/mol. The molecule has 0 unspecified atom stereocenters. The van der Waals surface area contributed by atoms with Gasteiger partial charge in [-0.1, -0.05) is 12.1 Å². The molecule has 0 radical (unpaired) electrons. The Morgan fingerprint density at radius 1 is 1.10 bits per heavy atom. The second kappa shape index (κ2) is 5.70. The number of hydrogen-bond acceptors (Lipinski definition) is 5. The van der Waals surface area contributed by atoms with Crippen LogP contribution in [0.4, 0.5) is 5.95 Å². The standard InChI is InChI=1S/C15H16N6/c1-12(20(2)15-17-8-3-9-18-15)13-4-6-14(7-5-13)21-11-16-10-19-21/h3-12H,1-2H3/t12-/m0/s1. The van der Waals surface area contributed by atoms with Crippen molar-refractivity contribution in [2.75, 3.05) is 11.9 Å². The second-order valence-electron chi connectivity index (χ2n) is 4.77. The molecule has 0 amide bonds. The number of nitrogens with zero attached hydrogens (tertiary/aromatic N) is 6. The first-order chi connectivity index (χ1) is 10.3. The van der Waals surface area contributed by atoms with Crippen LogP contribution in [0.1, 0.15) is 18.5 Å². The first kappa shape index (κ1) is 13.2. The van der Waals surface area contributed by atoms with Crippen LogP contribution in [-0.4, -0.2) is 31.8 Å². The van der Waals surface area contributed by atoms with Crippen molar-refractivity contribution >= 4 is 5.95 Å². The maximum atomic E-state index is 4.28. The average Bonchev–Trinajstić information content (AvgIpc) is 3.09. The van der Waals surface area contributed by atoms with Gasteiger partial charge >= 0.3 is 0 Å². The fourth-order valence-corrected chi connectivity index (χ4v) is 2.12. The minimum Gasteiger partial charge on any atom is -0.337 e. The molecule has 3 rings (SSSR count). The van der Waals surface area contributed by atoms with Crippen LogP contribution < -0.4 is 4.90 Å². The number of hydrogen-bond donors (Lipinski definition) is 0. The molecule has 0 aliphatic rings. The molecule has 0 aliphatic carbocycles. The third-order valence-corrected chi connectivity index (χ3v) is 3.51. The molecular formula is C15H16N6. The highest BCUT2D eigenvalue weighted by Gasteiger charge is 2.14. The molecule has 1 aromatic carbocycles. The molecule has 2 aromatic heterocycles. The van der Waals surface area contributed by atoms with Gasteiger partial charge in [-0.05, 0) is 30.7 Å². The minimum absolute atomic E-state index is 0.178. The zero-order chi connectivity index (χ0) is 14.7. The topological polar surface area (TPSA) is 59.7 Å². The summed E-state index contributed by atoms with van der Waals surface area (Å²) in [5, 5.41) is 4.12. The highest BCUT2D eigenvalue weighted by molar-refractivity contribution is 5.38. The Labute approximate surface area is 123 Å². The summed E-state index contributed by atoms with van der Waals surface area (Å²) in [6, 6.07) is 10.2. The lowest BCUT2D eigenvalue weighted by Crippen LogP contribution is -2.23. The highest BCUT2D eigenvalue weighted by atomic mass is 15.3. The largest absolute Gasteiger partial charge is 0.337 e. The summed E-state index contributed by atoms with van der Waals surface area (Å²) < 4.78 is 1.73. The quantitative estimate of drug-likeness (QED) is 0.733. The predicted octanol–water partition coefficient (Wildman–Crippen LogP) is 2.25. The van der Waals surface area contributed by atoms with Crippen LogP contribution in [-0.2, 0) is 0 Å². The maximum absolute atomic E-state index is 4.28. The fourth-order valence-electron chi connectivity index (χ4n) is 2.12. The third kappa shape index (κ3) is 2.74. The highest BCUT2D eigenvalue weighted by Crippen LogP contribution is 2.22. The summed E-state index contributed by atoms with van der Waals surface area (Å²) in [6.07, 6.45) is 6.71. The first-order valence-electron chi connectivity index (χ1n) is 6.70. The van der Waals surface area contributed by atoms with Gasteiger partial charge in [0.25, 0.3) is 0 Å². The van der Waals surface area contributed by atoms with Crippen molar-refractivity contribution in [1.29, 1.82) is 0 Å². The average molecular weight is 280 g/mol. The molecule has 3 aromatic rings. The molecule has 0 N–H and O–H groups in total. The van der Waals surface area contributed by atoms with E-state index >= 15 is 0 Å². The van der Waals surface area contributed by atoms with E-state index in [1.807, 2.05) is 30.1 Å². The van der Waals surface area contributed by atoms with Crippen LogP contribution in [0.3, 0.4) is 0 Å². The number of aromatic nitrogens is 5. The van der Waals surface area contributed by atoms with E-state index in [2.05, 4.69) is 39.1 Å². The molecule has 106 valence electrons. The Morgan fingerprint density at radius 3 is 2.43 bits per heavy atom. The molecule has 0 aliphatic heterocycles. The smallest absolute Gasteiger partial charge is 0.225 e. The lowest BCUT2D eigenvalue weighted by molar-refractivity contribution is 0.714. The summed E-state index contributed by atoms with van der Waals surface area (Å²) >= 11 is 0. The van der Waals surface area contributed by atoms with Gasteiger partial charge in [-0.3, -0.25) is 0 Å².